The van der Waals surface area contributed by atoms with Crippen molar-refractivity contribution in [2.24, 2.45) is 11.1 Å². The quantitative estimate of drug-likeness (QED) is 0.821. The van der Waals surface area contributed by atoms with Gasteiger partial charge in [-0.3, -0.25) is 0 Å². The first kappa shape index (κ1) is 14.0. The van der Waals surface area contributed by atoms with E-state index >= 15 is 0 Å². The Hall–Kier alpha value is -0.380. The monoisotopic (exact) mass is 266 g/mol. The summed E-state index contributed by atoms with van der Waals surface area (Å²) in [6.07, 6.45) is 6.51. The molecule has 1 fully saturated rings. The molecule has 0 radical (unpaired) electrons. The molecular formula is C15H26N2S. The molecule has 0 aliphatic heterocycles. The number of hydrogen-bond donors (Lipinski definition) is 1. The maximum Gasteiger partial charge on any atom is 0.0112 e. The van der Waals surface area contributed by atoms with Crippen molar-refractivity contribution in [3.05, 3.63) is 22.4 Å². The predicted octanol–water partition coefficient (Wildman–Crippen LogP) is 3.13. The third-order valence-electron chi connectivity index (χ3n) is 4.67. The van der Waals surface area contributed by atoms with Gasteiger partial charge in [-0.1, -0.05) is 12.5 Å². The second kappa shape index (κ2) is 6.18. The molecule has 102 valence electrons. The number of likely N-dealkylation sites (N-methyl/N-ethyl adjacent to an activating group) is 1. The van der Waals surface area contributed by atoms with Crippen LogP contribution >= 0.6 is 11.3 Å². The van der Waals surface area contributed by atoms with Crippen molar-refractivity contribution in [2.75, 3.05) is 20.1 Å². The van der Waals surface area contributed by atoms with E-state index in [9.17, 15) is 0 Å². The molecule has 0 spiro atoms. The van der Waals surface area contributed by atoms with Crippen molar-refractivity contribution in [1.82, 2.24) is 4.90 Å². The van der Waals surface area contributed by atoms with E-state index < -0.39 is 0 Å². The van der Waals surface area contributed by atoms with Gasteiger partial charge in [-0.2, -0.15) is 0 Å². The zero-order chi connectivity index (χ0) is 13.0. The first-order valence-corrected chi connectivity index (χ1v) is 7.96. The Morgan fingerprint density at radius 1 is 1.50 bits per heavy atom. The Balaban J connectivity index is 1.75. The van der Waals surface area contributed by atoms with Crippen LogP contribution in [0.25, 0.3) is 0 Å². The highest BCUT2D eigenvalue weighted by molar-refractivity contribution is 7.09. The Morgan fingerprint density at radius 3 is 2.78 bits per heavy atom. The molecular weight excluding hydrogens is 240 g/mol. The Labute approximate surface area is 115 Å². The molecule has 1 aromatic rings. The molecule has 3 heteroatoms. The van der Waals surface area contributed by atoms with Crippen molar-refractivity contribution in [1.29, 1.82) is 0 Å². The summed E-state index contributed by atoms with van der Waals surface area (Å²) in [4.78, 5) is 3.99. The lowest BCUT2D eigenvalue weighted by molar-refractivity contribution is 0.103. The molecule has 0 saturated heterocycles. The smallest absolute Gasteiger partial charge is 0.0112 e. The van der Waals surface area contributed by atoms with Crippen LogP contribution in [0.3, 0.4) is 0 Å². The average molecular weight is 266 g/mol. The molecule has 1 aliphatic carbocycles. The second-order valence-corrected chi connectivity index (χ2v) is 6.95. The maximum absolute atomic E-state index is 5.92. The Bertz CT molecular complexity index is 338. The molecule has 0 aromatic carbocycles. The van der Waals surface area contributed by atoms with Gasteiger partial charge in [0.25, 0.3) is 0 Å². The van der Waals surface area contributed by atoms with Crippen LogP contribution in [0.5, 0.6) is 0 Å². The first-order valence-electron chi connectivity index (χ1n) is 7.08. The zero-order valence-corrected chi connectivity index (χ0v) is 12.5. The van der Waals surface area contributed by atoms with Crippen LogP contribution in [0.1, 0.15) is 37.5 Å². The van der Waals surface area contributed by atoms with Gasteiger partial charge < -0.3 is 10.6 Å². The molecule has 2 rings (SSSR count). The minimum Gasteiger partial charge on any atom is -0.330 e. The molecule has 18 heavy (non-hydrogen) atoms. The highest BCUT2D eigenvalue weighted by Crippen LogP contribution is 2.42. The van der Waals surface area contributed by atoms with Gasteiger partial charge in [0, 0.05) is 10.9 Å². The van der Waals surface area contributed by atoms with E-state index in [1.807, 2.05) is 11.3 Å². The number of rotatable bonds is 7. The maximum atomic E-state index is 5.92. The van der Waals surface area contributed by atoms with Crippen LogP contribution in [0, 0.1) is 5.41 Å². The minimum atomic E-state index is 0.483. The highest BCUT2D eigenvalue weighted by Gasteiger charge is 2.35. The molecule has 1 saturated carbocycles. The summed E-state index contributed by atoms with van der Waals surface area (Å²) < 4.78 is 0. The fourth-order valence-electron chi connectivity index (χ4n) is 2.74. The van der Waals surface area contributed by atoms with E-state index in [1.54, 1.807) is 0 Å². The number of nitrogens with two attached hydrogens (primary N) is 1. The number of hydrogen-bond acceptors (Lipinski definition) is 3. The number of nitrogens with zero attached hydrogens (tertiary/aromatic N) is 1. The van der Waals surface area contributed by atoms with Gasteiger partial charge in [-0.25, -0.2) is 0 Å². The van der Waals surface area contributed by atoms with Gasteiger partial charge in [-0.15, -0.1) is 11.3 Å². The third-order valence-corrected chi connectivity index (χ3v) is 5.57. The lowest BCUT2D eigenvalue weighted by Gasteiger charge is -2.42. The van der Waals surface area contributed by atoms with Crippen molar-refractivity contribution >= 4 is 11.3 Å². The molecule has 2 N–H and O–H groups in total. The Kier molecular flexibility index (Phi) is 4.82. The fourth-order valence-corrected chi connectivity index (χ4v) is 3.57. The molecule has 1 aromatic heterocycles. The Morgan fingerprint density at radius 2 is 2.28 bits per heavy atom. The van der Waals surface area contributed by atoms with Gasteiger partial charge in [0.1, 0.15) is 0 Å². The van der Waals surface area contributed by atoms with Crippen molar-refractivity contribution in [3.63, 3.8) is 0 Å². The predicted molar refractivity (Wildman–Crippen MR) is 80.1 cm³/mol. The minimum absolute atomic E-state index is 0.483. The van der Waals surface area contributed by atoms with Crippen LogP contribution in [-0.4, -0.2) is 31.1 Å². The van der Waals surface area contributed by atoms with E-state index in [2.05, 4.69) is 36.4 Å². The SMILES string of the molecule is CC(Cc1cccs1)N(C)CCC1(CN)CCC1. The lowest BCUT2D eigenvalue weighted by Crippen LogP contribution is -2.41. The summed E-state index contributed by atoms with van der Waals surface area (Å²) in [5.74, 6) is 0. The van der Waals surface area contributed by atoms with Crippen LogP contribution in [0.2, 0.25) is 0 Å². The van der Waals surface area contributed by atoms with E-state index in [4.69, 9.17) is 5.73 Å². The largest absolute Gasteiger partial charge is 0.330 e. The summed E-state index contributed by atoms with van der Waals surface area (Å²) in [5.41, 5.74) is 6.41. The first-order chi connectivity index (χ1) is 8.65. The van der Waals surface area contributed by atoms with Crippen LogP contribution in [0.4, 0.5) is 0 Å². The van der Waals surface area contributed by atoms with E-state index in [0.29, 0.717) is 11.5 Å². The van der Waals surface area contributed by atoms with E-state index in [-0.39, 0.29) is 0 Å². The molecule has 1 heterocycles. The summed E-state index contributed by atoms with van der Waals surface area (Å²) in [5, 5.41) is 2.17. The van der Waals surface area contributed by atoms with E-state index in [0.717, 1.165) is 6.54 Å². The van der Waals surface area contributed by atoms with E-state index in [1.165, 1.54) is 43.5 Å². The molecule has 2 nitrogen and oxygen atoms in total. The van der Waals surface area contributed by atoms with Crippen LogP contribution in [0.15, 0.2) is 17.5 Å². The molecule has 1 atom stereocenters. The standard InChI is InChI=1S/C15H26N2S/c1-13(11-14-5-3-10-18-14)17(2)9-8-15(12-16)6-4-7-15/h3,5,10,13H,4,6-9,11-12,16H2,1-2H3. The zero-order valence-electron chi connectivity index (χ0n) is 11.7. The van der Waals surface area contributed by atoms with Gasteiger partial charge in [0.05, 0.1) is 0 Å². The summed E-state index contributed by atoms with van der Waals surface area (Å²) in [7, 11) is 2.25. The van der Waals surface area contributed by atoms with Crippen LogP contribution < -0.4 is 5.73 Å². The normalized spacial score (nSPS) is 19.8. The fraction of sp³-hybridized carbons (Fsp3) is 0.733. The van der Waals surface area contributed by atoms with Gasteiger partial charge >= 0.3 is 0 Å². The third kappa shape index (κ3) is 3.34. The lowest BCUT2D eigenvalue weighted by atomic mass is 9.66. The molecule has 1 aliphatic rings. The summed E-state index contributed by atoms with van der Waals surface area (Å²) >= 11 is 1.87. The molecule has 0 bridgehead atoms. The molecule has 0 amide bonds. The number of thiophene rings is 1. The van der Waals surface area contributed by atoms with Crippen LogP contribution in [-0.2, 0) is 6.42 Å². The van der Waals surface area contributed by atoms with Crippen molar-refractivity contribution in [2.45, 2.75) is 45.1 Å². The molecule has 1 unspecified atom stereocenters. The van der Waals surface area contributed by atoms with Gasteiger partial charge in [0.2, 0.25) is 0 Å². The van der Waals surface area contributed by atoms with Crippen molar-refractivity contribution in [3.8, 4) is 0 Å². The van der Waals surface area contributed by atoms with Gasteiger partial charge in [0.15, 0.2) is 0 Å². The average Bonchev–Trinajstić information content (AvgIpc) is 2.80. The summed E-state index contributed by atoms with van der Waals surface area (Å²) in [6.45, 7) is 4.39. The van der Waals surface area contributed by atoms with Crippen molar-refractivity contribution < 1.29 is 0 Å². The van der Waals surface area contributed by atoms with Gasteiger partial charge in [-0.05, 0) is 69.6 Å². The topological polar surface area (TPSA) is 29.3 Å². The summed E-state index contributed by atoms with van der Waals surface area (Å²) in [6, 6.07) is 5.01. The second-order valence-electron chi connectivity index (χ2n) is 5.92. The highest BCUT2D eigenvalue weighted by atomic mass is 32.1.